The molecule has 0 amide bonds. The Balaban J connectivity index is 2.45. The van der Waals surface area contributed by atoms with Gasteiger partial charge in [0.1, 0.15) is 6.10 Å². The summed E-state index contributed by atoms with van der Waals surface area (Å²) in [6.45, 7) is 4.69. The van der Waals surface area contributed by atoms with Crippen LogP contribution in [0.4, 0.5) is 5.69 Å². The summed E-state index contributed by atoms with van der Waals surface area (Å²) in [5.41, 5.74) is -0.535. The van der Waals surface area contributed by atoms with Crippen LogP contribution in [0, 0.1) is 10.1 Å². The molecule has 0 spiro atoms. The van der Waals surface area contributed by atoms with Gasteiger partial charge in [-0.2, -0.15) is 4.31 Å². The Morgan fingerprint density at radius 3 is 2.68 bits per heavy atom. The van der Waals surface area contributed by atoms with Crippen LogP contribution in [0.2, 0.25) is 0 Å². The highest BCUT2D eigenvalue weighted by atomic mass is 32.2. The van der Waals surface area contributed by atoms with Gasteiger partial charge in [0.05, 0.1) is 11.0 Å². The molecule has 0 saturated heterocycles. The Bertz CT molecular complexity index is 882. The van der Waals surface area contributed by atoms with Crippen LogP contribution in [0.15, 0.2) is 54.0 Å². The van der Waals surface area contributed by atoms with Gasteiger partial charge in [0.15, 0.2) is 4.90 Å². The topological polar surface area (TPSA) is 127 Å². The van der Waals surface area contributed by atoms with Crippen molar-refractivity contribution in [3.8, 4) is 0 Å². The van der Waals surface area contributed by atoms with Crippen LogP contribution < -0.4 is 0 Å². The van der Waals surface area contributed by atoms with Crippen LogP contribution >= 0.6 is 0 Å². The Morgan fingerprint density at radius 1 is 1.39 bits per heavy atom. The molecular weight excluding hydrogens is 388 g/mol. The highest BCUT2D eigenvalue weighted by Crippen LogP contribution is 2.30. The first-order valence-electron chi connectivity index (χ1n) is 8.56. The van der Waals surface area contributed by atoms with Crippen molar-refractivity contribution in [3.63, 3.8) is 0 Å². The molecule has 3 atom stereocenters. The highest BCUT2D eigenvalue weighted by molar-refractivity contribution is 7.89. The van der Waals surface area contributed by atoms with Gasteiger partial charge in [-0.05, 0) is 18.6 Å². The third-order valence-electron chi connectivity index (χ3n) is 4.21. The summed E-state index contributed by atoms with van der Waals surface area (Å²) in [4.78, 5) is 21.3. The number of carbonyl (C=O) groups is 1. The van der Waals surface area contributed by atoms with Gasteiger partial charge in [0.25, 0.3) is 15.7 Å². The number of carbonyl (C=O) groups excluding carboxylic acids is 1. The predicted molar refractivity (Wildman–Crippen MR) is 101 cm³/mol. The van der Waals surface area contributed by atoms with Crippen molar-refractivity contribution in [2.24, 2.45) is 0 Å². The molecule has 0 unspecified atom stereocenters. The number of rotatable bonds is 7. The van der Waals surface area contributed by atoms with E-state index in [1.807, 2.05) is 0 Å². The first kappa shape index (κ1) is 21.7. The van der Waals surface area contributed by atoms with E-state index in [9.17, 15) is 28.4 Å². The Kier molecular flexibility index (Phi) is 7.05. The minimum atomic E-state index is -4.27. The van der Waals surface area contributed by atoms with Crippen LogP contribution in [-0.2, 0) is 19.6 Å². The molecular formula is C18H22N2O7S. The lowest BCUT2D eigenvalue weighted by Gasteiger charge is -2.28. The molecule has 9 nitrogen and oxygen atoms in total. The first-order chi connectivity index (χ1) is 13.2. The van der Waals surface area contributed by atoms with Crippen LogP contribution in [0.3, 0.4) is 0 Å². The normalized spacial score (nSPS) is 22.5. The number of para-hydroxylation sites is 1. The fraction of sp³-hybridized carbons (Fsp3) is 0.389. The summed E-state index contributed by atoms with van der Waals surface area (Å²) in [7, 11) is -4.27. The third kappa shape index (κ3) is 5.03. The number of nitro groups is 1. The van der Waals surface area contributed by atoms with Crippen molar-refractivity contribution in [1.29, 1.82) is 0 Å². The summed E-state index contributed by atoms with van der Waals surface area (Å²) in [6.07, 6.45) is 2.96. The van der Waals surface area contributed by atoms with E-state index in [-0.39, 0.29) is 19.4 Å². The molecule has 152 valence electrons. The number of benzene rings is 1. The van der Waals surface area contributed by atoms with Crippen molar-refractivity contribution in [2.75, 3.05) is 6.54 Å². The lowest BCUT2D eigenvalue weighted by molar-refractivity contribution is -0.387. The summed E-state index contributed by atoms with van der Waals surface area (Å²) in [6, 6.07) is 4.28. The van der Waals surface area contributed by atoms with Crippen molar-refractivity contribution < 1.29 is 28.0 Å². The van der Waals surface area contributed by atoms with Gasteiger partial charge in [-0.15, -0.1) is 6.58 Å². The molecule has 10 heteroatoms. The number of aliphatic hydroxyl groups excluding tert-OH is 1. The van der Waals surface area contributed by atoms with Crippen molar-refractivity contribution >= 4 is 21.7 Å². The lowest BCUT2D eigenvalue weighted by Crippen LogP contribution is -2.41. The van der Waals surface area contributed by atoms with Gasteiger partial charge in [-0.25, -0.2) is 8.42 Å². The average Bonchev–Trinajstić information content (AvgIpc) is 2.79. The van der Waals surface area contributed by atoms with Crippen molar-refractivity contribution in [2.45, 2.75) is 42.9 Å². The number of nitrogens with zero attached hydrogens (tertiary/aromatic N) is 2. The second-order valence-electron chi connectivity index (χ2n) is 6.31. The van der Waals surface area contributed by atoms with Gasteiger partial charge < -0.3 is 9.84 Å². The number of nitro benzene ring substituents is 1. The van der Waals surface area contributed by atoms with E-state index in [1.165, 1.54) is 43.4 Å². The number of hydrogen-bond acceptors (Lipinski definition) is 7. The van der Waals surface area contributed by atoms with Crippen LogP contribution in [0.25, 0.3) is 0 Å². The van der Waals surface area contributed by atoms with Gasteiger partial charge in [0, 0.05) is 32.0 Å². The molecule has 28 heavy (non-hydrogen) atoms. The molecule has 1 aromatic carbocycles. The molecule has 0 aliphatic heterocycles. The number of esters is 1. The number of hydrogen-bond donors (Lipinski definition) is 1. The van der Waals surface area contributed by atoms with Gasteiger partial charge in [0.2, 0.25) is 0 Å². The average molecular weight is 410 g/mol. The number of aliphatic hydroxyl groups is 1. The largest absolute Gasteiger partial charge is 0.458 e. The molecule has 1 N–H and O–H groups in total. The van der Waals surface area contributed by atoms with Crippen molar-refractivity contribution in [1.82, 2.24) is 4.31 Å². The van der Waals surface area contributed by atoms with E-state index in [0.29, 0.717) is 0 Å². The summed E-state index contributed by atoms with van der Waals surface area (Å²) in [5, 5.41) is 21.5. The number of ether oxygens (including phenoxy) is 1. The zero-order valence-corrected chi connectivity index (χ0v) is 16.1. The zero-order chi connectivity index (χ0) is 20.9. The van der Waals surface area contributed by atoms with E-state index >= 15 is 0 Å². The molecule has 0 radical (unpaired) electrons. The zero-order valence-electron chi connectivity index (χ0n) is 15.3. The van der Waals surface area contributed by atoms with Crippen LogP contribution in [0.1, 0.15) is 19.8 Å². The Morgan fingerprint density at radius 2 is 2.07 bits per heavy atom. The maximum atomic E-state index is 13.2. The summed E-state index contributed by atoms with van der Waals surface area (Å²) >= 11 is 0. The van der Waals surface area contributed by atoms with Crippen LogP contribution in [0.5, 0.6) is 0 Å². The maximum Gasteiger partial charge on any atom is 0.303 e. The van der Waals surface area contributed by atoms with E-state index in [2.05, 4.69) is 6.58 Å². The molecule has 0 fully saturated rings. The minimum absolute atomic E-state index is 0.0436. The second kappa shape index (κ2) is 9.09. The first-order valence-corrected chi connectivity index (χ1v) is 10.0. The smallest absolute Gasteiger partial charge is 0.303 e. The van der Waals surface area contributed by atoms with Crippen LogP contribution in [-0.4, -0.2) is 53.5 Å². The van der Waals surface area contributed by atoms with E-state index in [0.717, 1.165) is 10.4 Å². The van der Waals surface area contributed by atoms with E-state index in [4.69, 9.17) is 4.74 Å². The molecule has 1 aliphatic carbocycles. The fourth-order valence-electron chi connectivity index (χ4n) is 3.06. The third-order valence-corrected chi connectivity index (χ3v) is 6.15. The Labute approximate surface area is 163 Å². The van der Waals surface area contributed by atoms with E-state index < -0.39 is 49.7 Å². The molecule has 0 aromatic heterocycles. The minimum Gasteiger partial charge on any atom is -0.458 e. The molecule has 2 rings (SSSR count). The van der Waals surface area contributed by atoms with E-state index in [1.54, 1.807) is 0 Å². The highest BCUT2D eigenvalue weighted by Gasteiger charge is 2.36. The monoisotopic (exact) mass is 410 g/mol. The van der Waals surface area contributed by atoms with Gasteiger partial charge in [-0.1, -0.05) is 24.3 Å². The SMILES string of the molecule is C=CCN([C@@H]1C=C[C@@H](OC(C)=O)C[C@@H](O)C1)S(=O)(=O)c1ccccc1[N+](=O)[O-]. The standard InChI is InChI=1S/C18H22N2O7S/c1-3-10-19(14-8-9-16(27-13(2)21)12-15(22)11-14)28(25,26)18-7-5-4-6-17(18)20(23)24/h3-9,14-16,22H,1,10-12H2,2H3/t14-,15+,16-/m1/s1. The maximum absolute atomic E-state index is 13.2. The molecule has 1 aliphatic rings. The molecule has 1 aromatic rings. The summed E-state index contributed by atoms with van der Waals surface area (Å²) < 4.78 is 32.5. The quantitative estimate of drug-likeness (QED) is 0.314. The van der Waals surface area contributed by atoms with Gasteiger partial charge in [-0.3, -0.25) is 14.9 Å². The van der Waals surface area contributed by atoms with Gasteiger partial charge >= 0.3 is 5.97 Å². The lowest BCUT2D eigenvalue weighted by atomic mass is 10.1. The number of sulfonamides is 1. The second-order valence-corrected chi connectivity index (χ2v) is 8.17. The molecule has 0 heterocycles. The fourth-order valence-corrected chi connectivity index (χ4v) is 4.78. The van der Waals surface area contributed by atoms with Crippen molar-refractivity contribution in [3.05, 3.63) is 59.2 Å². The predicted octanol–water partition coefficient (Wildman–Crippen LogP) is 1.78. The summed E-state index contributed by atoms with van der Waals surface area (Å²) in [5.74, 6) is -0.518. The molecule has 0 saturated carbocycles. The molecule has 0 bridgehead atoms. The Hall–Kier alpha value is -2.56.